The predicted molar refractivity (Wildman–Crippen MR) is 101 cm³/mol. The van der Waals surface area contributed by atoms with Gasteiger partial charge in [0, 0.05) is 11.4 Å². The molecule has 1 aromatic carbocycles. The third kappa shape index (κ3) is 5.53. The topological polar surface area (TPSA) is 58.5 Å². The van der Waals surface area contributed by atoms with Crippen LogP contribution in [0, 0.1) is 20.8 Å². The van der Waals surface area contributed by atoms with Crippen molar-refractivity contribution in [2.24, 2.45) is 4.99 Å². The Morgan fingerprint density at radius 1 is 1.21 bits per heavy atom. The number of hydrogen-bond acceptors (Lipinski definition) is 4. The van der Waals surface area contributed by atoms with Crippen LogP contribution in [-0.4, -0.2) is 30.6 Å². The van der Waals surface area contributed by atoms with E-state index >= 15 is 0 Å². The first-order valence-electron chi connectivity index (χ1n) is 8.23. The normalized spacial score (nSPS) is 11.4. The first kappa shape index (κ1) is 18.3. The summed E-state index contributed by atoms with van der Waals surface area (Å²) in [6.07, 6.45) is 0. The SMILES string of the molecule is CCNC(=NCc1nc(C)c(C)s1)NCCOc1ccccc1C. The average molecular weight is 347 g/mol. The van der Waals surface area contributed by atoms with Crippen molar-refractivity contribution in [2.75, 3.05) is 19.7 Å². The van der Waals surface area contributed by atoms with Crippen LogP contribution in [0.25, 0.3) is 0 Å². The van der Waals surface area contributed by atoms with Crippen molar-refractivity contribution in [3.05, 3.63) is 45.4 Å². The summed E-state index contributed by atoms with van der Waals surface area (Å²) in [5.41, 5.74) is 2.24. The number of aliphatic imine (C=N–C) groups is 1. The lowest BCUT2D eigenvalue weighted by atomic mass is 10.2. The summed E-state index contributed by atoms with van der Waals surface area (Å²) in [5.74, 6) is 1.71. The van der Waals surface area contributed by atoms with E-state index in [-0.39, 0.29) is 0 Å². The Morgan fingerprint density at radius 3 is 2.67 bits per heavy atom. The van der Waals surface area contributed by atoms with Crippen molar-refractivity contribution >= 4 is 17.3 Å². The van der Waals surface area contributed by atoms with Gasteiger partial charge in [-0.15, -0.1) is 11.3 Å². The third-order valence-corrected chi connectivity index (χ3v) is 4.59. The summed E-state index contributed by atoms with van der Waals surface area (Å²) < 4.78 is 5.79. The van der Waals surface area contributed by atoms with Crippen LogP contribution in [0.4, 0.5) is 0 Å². The zero-order valence-electron chi connectivity index (χ0n) is 14.8. The summed E-state index contributed by atoms with van der Waals surface area (Å²) in [4.78, 5) is 10.4. The summed E-state index contributed by atoms with van der Waals surface area (Å²) in [7, 11) is 0. The second-order valence-electron chi connectivity index (χ2n) is 5.49. The number of hydrogen-bond donors (Lipinski definition) is 2. The average Bonchev–Trinajstić information content (AvgIpc) is 2.89. The number of aromatic nitrogens is 1. The summed E-state index contributed by atoms with van der Waals surface area (Å²) in [6, 6.07) is 8.03. The van der Waals surface area contributed by atoms with Gasteiger partial charge in [0.05, 0.1) is 18.8 Å². The highest BCUT2D eigenvalue weighted by atomic mass is 32.1. The van der Waals surface area contributed by atoms with Crippen molar-refractivity contribution < 1.29 is 4.74 Å². The Hall–Kier alpha value is -2.08. The molecule has 130 valence electrons. The molecule has 0 aliphatic heterocycles. The van der Waals surface area contributed by atoms with Gasteiger partial charge in [0.25, 0.3) is 0 Å². The number of ether oxygens (including phenoxy) is 1. The van der Waals surface area contributed by atoms with Gasteiger partial charge in [-0.05, 0) is 39.3 Å². The van der Waals surface area contributed by atoms with Gasteiger partial charge in [0.1, 0.15) is 17.4 Å². The van der Waals surface area contributed by atoms with E-state index < -0.39 is 0 Å². The first-order chi connectivity index (χ1) is 11.6. The van der Waals surface area contributed by atoms with Crippen molar-refractivity contribution in [3.8, 4) is 5.75 Å². The van der Waals surface area contributed by atoms with Crippen LogP contribution in [-0.2, 0) is 6.54 Å². The molecule has 1 aromatic heterocycles. The zero-order chi connectivity index (χ0) is 17.4. The molecule has 6 heteroatoms. The van der Waals surface area contributed by atoms with Crippen molar-refractivity contribution in [2.45, 2.75) is 34.2 Å². The van der Waals surface area contributed by atoms with Gasteiger partial charge in [-0.3, -0.25) is 0 Å². The van der Waals surface area contributed by atoms with E-state index in [4.69, 9.17) is 4.74 Å². The summed E-state index contributed by atoms with van der Waals surface area (Å²) in [6.45, 7) is 10.9. The minimum atomic E-state index is 0.588. The van der Waals surface area contributed by atoms with E-state index in [9.17, 15) is 0 Å². The van der Waals surface area contributed by atoms with Gasteiger partial charge >= 0.3 is 0 Å². The van der Waals surface area contributed by atoms with Crippen LogP contribution in [0.1, 0.15) is 28.1 Å². The van der Waals surface area contributed by atoms with Crippen LogP contribution >= 0.6 is 11.3 Å². The molecule has 2 N–H and O–H groups in total. The van der Waals surface area contributed by atoms with Gasteiger partial charge < -0.3 is 15.4 Å². The van der Waals surface area contributed by atoms with Gasteiger partial charge in [0.15, 0.2) is 5.96 Å². The quantitative estimate of drug-likeness (QED) is 0.459. The molecule has 2 aromatic rings. The Labute approximate surface area is 148 Å². The van der Waals surface area contributed by atoms with Crippen LogP contribution in [0.3, 0.4) is 0 Å². The van der Waals surface area contributed by atoms with Crippen molar-refractivity contribution in [3.63, 3.8) is 0 Å². The fourth-order valence-corrected chi connectivity index (χ4v) is 3.00. The van der Waals surface area contributed by atoms with Crippen LogP contribution < -0.4 is 15.4 Å². The fourth-order valence-electron chi connectivity index (χ4n) is 2.14. The number of guanidine groups is 1. The minimum Gasteiger partial charge on any atom is -0.491 e. The molecule has 0 amide bonds. The number of nitrogens with one attached hydrogen (secondary N) is 2. The number of aryl methyl sites for hydroxylation is 3. The molecule has 1 heterocycles. The molecule has 5 nitrogen and oxygen atoms in total. The molecular formula is C18H26N4OS. The van der Waals surface area contributed by atoms with Crippen LogP contribution in [0.15, 0.2) is 29.3 Å². The second-order valence-corrected chi connectivity index (χ2v) is 6.77. The van der Waals surface area contributed by atoms with E-state index in [1.165, 1.54) is 4.88 Å². The lowest BCUT2D eigenvalue weighted by Gasteiger charge is -2.12. The molecule has 2 rings (SSSR count). The standard InChI is InChI=1S/C18H26N4OS/c1-5-19-18(21-12-17-22-14(3)15(4)24-17)20-10-11-23-16-9-7-6-8-13(16)2/h6-9H,5,10-12H2,1-4H3,(H2,19,20,21). The Morgan fingerprint density at radius 2 is 2.00 bits per heavy atom. The first-order valence-corrected chi connectivity index (χ1v) is 9.05. The second kappa shape index (κ2) is 9.27. The minimum absolute atomic E-state index is 0.588. The molecule has 0 saturated carbocycles. The summed E-state index contributed by atoms with van der Waals surface area (Å²) >= 11 is 1.70. The van der Waals surface area contributed by atoms with E-state index in [1.54, 1.807) is 11.3 Å². The highest BCUT2D eigenvalue weighted by Crippen LogP contribution is 2.17. The van der Waals surface area contributed by atoms with Crippen LogP contribution in [0.2, 0.25) is 0 Å². The smallest absolute Gasteiger partial charge is 0.191 e. The van der Waals surface area contributed by atoms with Gasteiger partial charge in [-0.2, -0.15) is 0 Å². The monoisotopic (exact) mass is 346 g/mol. The molecular weight excluding hydrogens is 320 g/mol. The molecule has 0 aliphatic carbocycles. The van der Waals surface area contributed by atoms with Crippen LogP contribution in [0.5, 0.6) is 5.75 Å². The molecule has 0 spiro atoms. The molecule has 0 saturated heterocycles. The van der Waals surface area contributed by atoms with Gasteiger partial charge in [-0.1, -0.05) is 18.2 Å². The maximum Gasteiger partial charge on any atom is 0.191 e. The Bertz CT molecular complexity index is 662. The molecule has 0 aliphatic rings. The molecule has 0 atom stereocenters. The van der Waals surface area contributed by atoms with Crippen molar-refractivity contribution in [1.29, 1.82) is 0 Å². The molecule has 0 radical (unpaired) electrons. The Kier molecular flexibility index (Phi) is 7.06. The molecule has 24 heavy (non-hydrogen) atoms. The number of rotatable bonds is 7. The zero-order valence-corrected chi connectivity index (χ0v) is 15.7. The van der Waals surface area contributed by atoms with Gasteiger partial charge in [0.2, 0.25) is 0 Å². The van der Waals surface area contributed by atoms with Crippen molar-refractivity contribution in [1.82, 2.24) is 15.6 Å². The van der Waals surface area contributed by atoms with E-state index in [2.05, 4.69) is 34.5 Å². The highest BCUT2D eigenvalue weighted by Gasteiger charge is 2.04. The largest absolute Gasteiger partial charge is 0.491 e. The van der Waals surface area contributed by atoms with E-state index in [0.29, 0.717) is 19.7 Å². The van der Waals surface area contributed by atoms with Gasteiger partial charge in [-0.25, -0.2) is 9.98 Å². The fraction of sp³-hybridized carbons (Fsp3) is 0.444. The maximum atomic E-state index is 5.79. The summed E-state index contributed by atoms with van der Waals surface area (Å²) in [5, 5.41) is 7.58. The molecule has 0 bridgehead atoms. The third-order valence-electron chi connectivity index (χ3n) is 3.54. The predicted octanol–water partition coefficient (Wildman–Crippen LogP) is 3.20. The molecule has 0 fully saturated rings. The highest BCUT2D eigenvalue weighted by molar-refractivity contribution is 7.11. The number of para-hydroxylation sites is 1. The van der Waals surface area contributed by atoms with E-state index in [0.717, 1.165) is 34.5 Å². The number of thiazole rings is 1. The Balaban J connectivity index is 1.82. The van der Waals surface area contributed by atoms with E-state index in [1.807, 2.05) is 38.1 Å². The lowest BCUT2D eigenvalue weighted by Crippen LogP contribution is -2.39. The lowest BCUT2D eigenvalue weighted by molar-refractivity contribution is 0.320. The molecule has 0 unspecified atom stereocenters. The maximum absolute atomic E-state index is 5.79. The number of nitrogens with zero attached hydrogens (tertiary/aromatic N) is 2. The number of benzene rings is 1.